The van der Waals surface area contributed by atoms with Crippen LogP contribution >= 0.6 is 0 Å². The number of aryl methyl sites for hydroxylation is 1. The van der Waals surface area contributed by atoms with Crippen LogP contribution in [0.4, 0.5) is 18.9 Å². The molecule has 3 nitrogen and oxygen atoms in total. The Kier molecular flexibility index (Phi) is 3.83. The van der Waals surface area contributed by atoms with Gasteiger partial charge in [-0.15, -0.1) is 0 Å². The highest BCUT2D eigenvalue weighted by atomic mass is 32.2. The lowest BCUT2D eigenvalue weighted by Crippen LogP contribution is -2.35. The number of rotatable bonds is 2. The zero-order chi connectivity index (χ0) is 16.7. The van der Waals surface area contributed by atoms with Gasteiger partial charge in [0, 0.05) is 12.6 Å². The van der Waals surface area contributed by atoms with E-state index in [-0.39, 0.29) is 11.4 Å². The van der Waals surface area contributed by atoms with Gasteiger partial charge in [0.05, 0.1) is 16.1 Å². The first-order valence-corrected chi connectivity index (χ1v) is 8.44. The van der Waals surface area contributed by atoms with Crippen molar-refractivity contribution in [3.63, 3.8) is 0 Å². The second kappa shape index (κ2) is 5.56. The zero-order valence-corrected chi connectivity index (χ0v) is 12.8. The number of hydrogen-bond acceptors (Lipinski definition) is 2. The van der Waals surface area contributed by atoms with E-state index in [1.165, 1.54) is 4.31 Å². The van der Waals surface area contributed by atoms with Gasteiger partial charge in [-0.1, -0.05) is 18.2 Å². The van der Waals surface area contributed by atoms with Gasteiger partial charge in [-0.3, -0.25) is 4.31 Å². The van der Waals surface area contributed by atoms with Crippen LogP contribution in [0.15, 0.2) is 47.4 Å². The van der Waals surface area contributed by atoms with E-state index in [4.69, 9.17) is 0 Å². The maximum absolute atomic E-state index is 12.7. The maximum Gasteiger partial charge on any atom is 0.416 e. The minimum absolute atomic E-state index is 0.157. The normalized spacial score (nSPS) is 15.3. The highest BCUT2D eigenvalue weighted by Gasteiger charge is 2.32. The molecule has 0 unspecified atom stereocenters. The van der Waals surface area contributed by atoms with Crippen molar-refractivity contribution in [3.8, 4) is 0 Å². The highest BCUT2D eigenvalue weighted by molar-refractivity contribution is 7.92. The van der Waals surface area contributed by atoms with E-state index >= 15 is 0 Å². The van der Waals surface area contributed by atoms with Gasteiger partial charge in [-0.2, -0.15) is 13.2 Å². The fourth-order valence-corrected chi connectivity index (χ4v) is 4.12. The lowest BCUT2D eigenvalue weighted by molar-refractivity contribution is -0.137. The van der Waals surface area contributed by atoms with Crippen molar-refractivity contribution < 1.29 is 21.6 Å². The summed E-state index contributed by atoms with van der Waals surface area (Å²) in [6.45, 7) is 0.289. The predicted molar refractivity (Wildman–Crippen MR) is 79.6 cm³/mol. The molecular formula is C16H13F3NO2S. The second-order valence-electron chi connectivity index (χ2n) is 5.25. The van der Waals surface area contributed by atoms with Crippen molar-refractivity contribution in [2.24, 2.45) is 0 Å². The number of anilines is 1. The first-order chi connectivity index (χ1) is 10.8. The van der Waals surface area contributed by atoms with Gasteiger partial charge in [0.15, 0.2) is 0 Å². The average molecular weight is 340 g/mol. The average Bonchev–Trinajstić information content (AvgIpc) is 2.53. The Hall–Kier alpha value is -2.02. The van der Waals surface area contributed by atoms with E-state index in [2.05, 4.69) is 6.07 Å². The Labute approximate surface area is 132 Å². The quantitative estimate of drug-likeness (QED) is 0.837. The Balaban J connectivity index is 2.00. The topological polar surface area (TPSA) is 37.4 Å². The SMILES string of the molecule is O=S(=O)(c1ccc(C(F)(F)F)cc1)N1CCCc2ccc[c]c21. The fourth-order valence-electron chi connectivity index (χ4n) is 2.61. The largest absolute Gasteiger partial charge is 0.416 e. The van der Waals surface area contributed by atoms with Crippen molar-refractivity contribution >= 4 is 15.7 Å². The van der Waals surface area contributed by atoms with Gasteiger partial charge in [0.2, 0.25) is 0 Å². The molecule has 3 rings (SSSR count). The summed E-state index contributed by atoms with van der Waals surface area (Å²) in [5, 5.41) is 0. The van der Waals surface area contributed by atoms with Crippen molar-refractivity contribution in [1.29, 1.82) is 0 Å². The summed E-state index contributed by atoms with van der Waals surface area (Å²) < 4.78 is 64.5. The molecule has 0 fully saturated rings. The van der Waals surface area contributed by atoms with Gasteiger partial charge in [-0.05, 0) is 42.7 Å². The molecule has 1 aliphatic rings. The van der Waals surface area contributed by atoms with Gasteiger partial charge in [-0.25, -0.2) is 8.42 Å². The van der Waals surface area contributed by atoms with Crippen LogP contribution in [0.1, 0.15) is 17.5 Å². The molecule has 0 saturated heterocycles. The molecule has 0 amide bonds. The molecule has 0 saturated carbocycles. The first-order valence-electron chi connectivity index (χ1n) is 7.00. The Morgan fingerprint density at radius 1 is 1.09 bits per heavy atom. The van der Waals surface area contributed by atoms with Crippen molar-refractivity contribution in [2.45, 2.75) is 23.9 Å². The lowest BCUT2D eigenvalue weighted by Gasteiger charge is -2.30. The fraction of sp³-hybridized carbons (Fsp3) is 0.250. The molecule has 0 atom stereocenters. The number of alkyl halides is 3. The monoisotopic (exact) mass is 340 g/mol. The van der Waals surface area contributed by atoms with E-state index in [1.54, 1.807) is 12.1 Å². The number of nitrogens with zero attached hydrogens (tertiary/aromatic N) is 1. The third-order valence-electron chi connectivity index (χ3n) is 3.74. The smallest absolute Gasteiger partial charge is 0.265 e. The van der Waals surface area contributed by atoms with Crippen molar-refractivity contribution in [2.75, 3.05) is 10.8 Å². The predicted octanol–water partition coefficient (Wildman–Crippen LogP) is 3.65. The van der Waals surface area contributed by atoms with E-state index in [9.17, 15) is 21.6 Å². The van der Waals surface area contributed by atoms with Gasteiger partial charge >= 0.3 is 6.18 Å². The number of hydrogen-bond donors (Lipinski definition) is 0. The van der Waals surface area contributed by atoms with Gasteiger partial charge in [0.25, 0.3) is 10.0 Å². The maximum atomic E-state index is 12.7. The summed E-state index contributed by atoms with van der Waals surface area (Å²) in [6.07, 6.45) is -3.08. The molecule has 121 valence electrons. The summed E-state index contributed by atoms with van der Waals surface area (Å²) in [6, 6.07) is 11.7. The number of fused-ring (bicyclic) bond motifs is 1. The number of benzene rings is 2. The molecule has 0 bridgehead atoms. The van der Waals surface area contributed by atoms with Crippen LogP contribution < -0.4 is 4.31 Å². The Morgan fingerprint density at radius 2 is 1.78 bits per heavy atom. The van der Waals surface area contributed by atoms with E-state index in [0.29, 0.717) is 12.1 Å². The lowest BCUT2D eigenvalue weighted by atomic mass is 10.0. The third-order valence-corrected chi connectivity index (χ3v) is 5.56. The number of halogens is 3. The van der Waals surface area contributed by atoms with Gasteiger partial charge in [0.1, 0.15) is 0 Å². The Morgan fingerprint density at radius 3 is 2.43 bits per heavy atom. The summed E-state index contributed by atoms with van der Waals surface area (Å²) >= 11 is 0. The molecule has 1 heterocycles. The van der Waals surface area contributed by atoms with Gasteiger partial charge < -0.3 is 0 Å². The standard InChI is InChI=1S/C16H13F3NO2S/c17-16(18,19)13-7-9-14(10-8-13)23(21,22)20-11-3-5-12-4-1-2-6-15(12)20/h1-2,4,7-10H,3,5,11H2. The van der Waals surface area contributed by atoms with Crippen LogP contribution in [0.3, 0.4) is 0 Å². The third kappa shape index (κ3) is 2.93. The molecule has 1 aliphatic heterocycles. The summed E-state index contributed by atoms with van der Waals surface area (Å²) in [5.41, 5.74) is 0.468. The molecule has 23 heavy (non-hydrogen) atoms. The zero-order valence-electron chi connectivity index (χ0n) is 12.0. The van der Waals surface area contributed by atoms with Crippen LogP contribution in [0.2, 0.25) is 0 Å². The summed E-state index contributed by atoms with van der Waals surface area (Å²) in [7, 11) is -3.90. The van der Waals surface area contributed by atoms with Crippen molar-refractivity contribution in [1.82, 2.24) is 0 Å². The second-order valence-corrected chi connectivity index (χ2v) is 7.11. The molecule has 0 N–H and O–H groups in total. The minimum atomic E-state index is -4.49. The Bertz CT molecular complexity index is 814. The minimum Gasteiger partial charge on any atom is -0.265 e. The molecule has 7 heteroatoms. The van der Waals surface area contributed by atoms with Crippen molar-refractivity contribution in [3.05, 3.63) is 59.7 Å². The number of sulfonamides is 1. The molecular weight excluding hydrogens is 327 g/mol. The van der Waals surface area contributed by atoms with Crippen LogP contribution in [-0.4, -0.2) is 15.0 Å². The molecule has 2 aromatic rings. The van der Waals surface area contributed by atoms with Crippen LogP contribution in [0.5, 0.6) is 0 Å². The molecule has 2 aromatic carbocycles. The molecule has 1 radical (unpaired) electrons. The summed E-state index contributed by atoms with van der Waals surface area (Å²) in [4.78, 5) is -0.157. The van der Waals surface area contributed by atoms with Crippen LogP contribution in [-0.2, 0) is 22.6 Å². The molecule has 0 spiro atoms. The van der Waals surface area contributed by atoms with E-state index in [1.807, 2.05) is 6.07 Å². The van der Waals surface area contributed by atoms with Crippen LogP contribution in [0, 0.1) is 6.07 Å². The number of para-hydroxylation sites is 1. The molecule has 0 aliphatic carbocycles. The highest BCUT2D eigenvalue weighted by Crippen LogP contribution is 2.33. The van der Waals surface area contributed by atoms with Crippen LogP contribution in [0.25, 0.3) is 0 Å². The summed E-state index contributed by atoms with van der Waals surface area (Å²) in [5.74, 6) is 0. The molecule has 0 aromatic heterocycles. The van der Waals surface area contributed by atoms with E-state index < -0.39 is 21.8 Å². The first kappa shape index (κ1) is 15.9. The van der Waals surface area contributed by atoms with E-state index in [0.717, 1.165) is 36.2 Å².